The van der Waals surface area contributed by atoms with E-state index in [4.69, 9.17) is 5.11 Å². The molecule has 1 aliphatic rings. The van der Waals surface area contributed by atoms with Crippen LogP contribution in [0.2, 0.25) is 0 Å². The molecule has 1 aromatic carbocycles. The number of rotatable bonds is 3. The Hall–Kier alpha value is -0.900. The van der Waals surface area contributed by atoms with Gasteiger partial charge in [-0.05, 0) is 30.0 Å². The van der Waals surface area contributed by atoms with E-state index < -0.39 is 6.10 Å². The summed E-state index contributed by atoms with van der Waals surface area (Å²) in [6.07, 6.45) is 0.423. The number of β-amino-alcohol motifs (C(OH)–C–C–N with tert-alkyl or cyclic N) is 1. The first-order valence-corrected chi connectivity index (χ1v) is 5.79. The highest BCUT2D eigenvalue weighted by Crippen LogP contribution is 2.21. The van der Waals surface area contributed by atoms with Crippen molar-refractivity contribution < 1.29 is 10.2 Å². The third kappa shape index (κ3) is 2.43. The molecule has 0 saturated carbocycles. The molecule has 2 rings (SSSR count). The number of fused-ring (bicyclic) bond motifs is 1. The molecule has 0 amide bonds. The van der Waals surface area contributed by atoms with Gasteiger partial charge in [-0.2, -0.15) is 0 Å². The lowest BCUT2D eigenvalue weighted by atomic mass is 9.95. The van der Waals surface area contributed by atoms with Crippen molar-refractivity contribution in [2.75, 3.05) is 19.7 Å². The second-order valence-electron chi connectivity index (χ2n) is 4.53. The minimum atomic E-state index is -0.619. The first-order chi connectivity index (χ1) is 7.70. The van der Waals surface area contributed by atoms with Crippen molar-refractivity contribution in [1.82, 2.24) is 4.90 Å². The van der Waals surface area contributed by atoms with Gasteiger partial charge in [0.05, 0.1) is 12.7 Å². The molecular formula is C13H19NO2. The Balaban J connectivity index is 2.06. The third-order valence-corrected chi connectivity index (χ3v) is 3.26. The van der Waals surface area contributed by atoms with Gasteiger partial charge in [0, 0.05) is 19.6 Å². The van der Waals surface area contributed by atoms with Crippen LogP contribution in [-0.2, 0) is 13.0 Å². The first kappa shape index (κ1) is 11.6. The number of hydrogen-bond acceptors (Lipinski definition) is 3. The molecule has 16 heavy (non-hydrogen) atoms. The van der Waals surface area contributed by atoms with Gasteiger partial charge in [-0.3, -0.25) is 4.90 Å². The van der Waals surface area contributed by atoms with Crippen LogP contribution in [0, 0.1) is 6.92 Å². The van der Waals surface area contributed by atoms with Crippen LogP contribution in [0.15, 0.2) is 18.2 Å². The first-order valence-electron chi connectivity index (χ1n) is 5.79. The summed E-state index contributed by atoms with van der Waals surface area (Å²) in [6.45, 7) is 4.40. The molecule has 0 spiro atoms. The summed E-state index contributed by atoms with van der Waals surface area (Å²) in [7, 11) is 0. The van der Waals surface area contributed by atoms with Crippen LogP contribution in [-0.4, -0.2) is 40.9 Å². The standard InChI is InChI=1S/C13H19NO2/c1-10-3-2-4-11-7-14(6-5-13(10)11)8-12(16)9-15/h2-4,12,15-16H,5-9H2,1H3. The molecule has 1 aliphatic heterocycles. The van der Waals surface area contributed by atoms with E-state index in [-0.39, 0.29) is 6.61 Å². The largest absolute Gasteiger partial charge is 0.394 e. The highest BCUT2D eigenvalue weighted by Gasteiger charge is 2.19. The Morgan fingerprint density at radius 3 is 3.00 bits per heavy atom. The van der Waals surface area contributed by atoms with Crippen LogP contribution in [0.25, 0.3) is 0 Å². The van der Waals surface area contributed by atoms with Crippen molar-refractivity contribution in [2.24, 2.45) is 0 Å². The lowest BCUT2D eigenvalue weighted by Gasteiger charge is -2.30. The normalized spacial score (nSPS) is 18.2. The highest BCUT2D eigenvalue weighted by atomic mass is 16.3. The van der Waals surface area contributed by atoms with Crippen LogP contribution in [0.4, 0.5) is 0 Å². The fourth-order valence-corrected chi connectivity index (χ4v) is 2.37. The molecule has 1 atom stereocenters. The van der Waals surface area contributed by atoms with Gasteiger partial charge < -0.3 is 10.2 Å². The lowest BCUT2D eigenvalue weighted by Crippen LogP contribution is -2.38. The number of aliphatic hydroxyl groups is 2. The van der Waals surface area contributed by atoms with E-state index in [1.54, 1.807) is 0 Å². The van der Waals surface area contributed by atoms with Crippen LogP contribution in [0.3, 0.4) is 0 Å². The molecule has 0 radical (unpaired) electrons. The number of hydrogen-bond donors (Lipinski definition) is 2. The summed E-state index contributed by atoms with van der Waals surface area (Å²) in [6, 6.07) is 6.39. The van der Waals surface area contributed by atoms with E-state index in [1.807, 2.05) is 0 Å². The number of aryl methyl sites for hydroxylation is 1. The number of aliphatic hydroxyl groups excluding tert-OH is 2. The van der Waals surface area contributed by atoms with Gasteiger partial charge in [-0.1, -0.05) is 18.2 Å². The second kappa shape index (κ2) is 4.95. The molecule has 0 fully saturated rings. The van der Waals surface area contributed by atoms with Crippen LogP contribution in [0.1, 0.15) is 16.7 Å². The van der Waals surface area contributed by atoms with Crippen molar-refractivity contribution in [3.05, 3.63) is 34.9 Å². The third-order valence-electron chi connectivity index (χ3n) is 3.26. The Kier molecular flexibility index (Phi) is 3.59. The molecule has 88 valence electrons. The van der Waals surface area contributed by atoms with E-state index >= 15 is 0 Å². The zero-order valence-electron chi connectivity index (χ0n) is 9.69. The van der Waals surface area contributed by atoms with Gasteiger partial charge in [-0.25, -0.2) is 0 Å². The van der Waals surface area contributed by atoms with Crippen LogP contribution < -0.4 is 0 Å². The maximum absolute atomic E-state index is 9.42. The molecule has 3 heteroatoms. The average molecular weight is 221 g/mol. The van der Waals surface area contributed by atoms with E-state index in [0.29, 0.717) is 6.54 Å². The molecule has 1 heterocycles. The van der Waals surface area contributed by atoms with Crippen molar-refractivity contribution >= 4 is 0 Å². The minimum absolute atomic E-state index is 0.156. The number of nitrogens with zero attached hydrogens (tertiary/aromatic N) is 1. The smallest absolute Gasteiger partial charge is 0.0897 e. The molecule has 0 bridgehead atoms. The molecule has 1 aromatic rings. The SMILES string of the molecule is Cc1cccc2c1CCN(CC(O)CO)C2. The Morgan fingerprint density at radius 1 is 1.44 bits per heavy atom. The van der Waals surface area contributed by atoms with Crippen LogP contribution >= 0.6 is 0 Å². The summed E-state index contributed by atoms with van der Waals surface area (Å²) < 4.78 is 0. The van der Waals surface area contributed by atoms with Gasteiger partial charge in [0.15, 0.2) is 0 Å². The Bertz CT molecular complexity index is 365. The van der Waals surface area contributed by atoms with E-state index in [0.717, 1.165) is 19.5 Å². The predicted octanol–water partition coefficient (Wildman–Crippen LogP) is 0.706. The van der Waals surface area contributed by atoms with Crippen molar-refractivity contribution in [3.8, 4) is 0 Å². The van der Waals surface area contributed by atoms with Crippen molar-refractivity contribution in [3.63, 3.8) is 0 Å². The van der Waals surface area contributed by atoms with E-state index in [1.165, 1.54) is 16.7 Å². The van der Waals surface area contributed by atoms with Gasteiger partial charge in [0.1, 0.15) is 0 Å². The molecule has 3 nitrogen and oxygen atoms in total. The maximum atomic E-state index is 9.42. The fourth-order valence-electron chi connectivity index (χ4n) is 2.37. The summed E-state index contributed by atoms with van der Waals surface area (Å²) >= 11 is 0. The monoisotopic (exact) mass is 221 g/mol. The molecule has 1 unspecified atom stereocenters. The molecule has 2 N–H and O–H groups in total. The Morgan fingerprint density at radius 2 is 2.25 bits per heavy atom. The molecule has 0 aliphatic carbocycles. The predicted molar refractivity (Wildman–Crippen MR) is 63.3 cm³/mol. The van der Waals surface area contributed by atoms with E-state index in [9.17, 15) is 5.11 Å². The van der Waals surface area contributed by atoms with Crippen molar-refractivity contribution in [2.45, 2.75) is 26.0 Å². The molecule has 0 saturated heterocycles. The Labute approximate surface area is 96.3 Å². The zero-order valence-corrected chi connectivity index (χ0v) is 9.69. The second-order valence-corrected chi connectivity index (χ2v) is 4.53. The minimum Gasteiger partial charge on any atom is -0.394 e. The zero-order chi connectivity index (χ0) is 11.5. The summed E-state index contributed by atoms with van der Waals surface area (Å²) in [5.74, 6) is 0. The topological polar surface area (TPSA) is 43.7 Å². The highest BCUT2D eigenvalue weighted by molar-refractivity contribution is 5.36. The summed E-state index contributed by atoms with van der Waals surface area (Å²) in [5, 5.41) is 18.2. The van der Waals surface area contributed by atoms with Gasteiger partial charge in [0.25, 0.3) is 0 Å². The van der Waals surface area contributed by atoms with Gasteiger partial charge in [0.2, 0.25) is 0 Å². The quantitative estimate of drug-likeness (QED) is 0.790. The fraction of sp³-hybridized carbons (Fsp3) is 0.538. The van der Waals surface area contributed by atoms with Gasteiger partial charge in [-0.15, -0.1) is 0 Å². The number of benzene rings is 1. The molecule has 0 aromatic heterocycles. The average Bonchev–Trinajstić information content (AvgIpc) is 2.29. The lowest BCUT2D eigenvalue weighted by molar-refractivity contribution is 0.0551. The van der Waals surface area contributed by atoms with Gasteiger partial charge >= 0.3 is 0 Å². The summed E-state index contributed by atoms with van der Waals surface area (Å²) in [5.41, 5.74) is 4.17. The summed E-state index contributed by atoms with van der Waals surface area (Å²) in [4.78, 5) is 2.20. The van der Waals surface area contributed by atoms with Crippen LogP contribution in [0.5, 0.6) is 0 Å². The maximum Gasteiger partial charge on any atom is 0.0897 e. The van der Waals surface area contributed by atoms with E-state index in [2.05, 4.69) is 30.0 Å². The van der Waals surface area contributed by atoms with Crippen molar-refractivity contribution in [1.29, 1.82) is 0 Å². The molecular weight excluding hydrogens is 202 g/mol.